The van der Waals surface area contributed by atoms with Crippen molar-refractivity contribution in [3.8, 4) is 11.5 Å². The zero-order chi connectivity index (χ0) is 21.0. The molecule has 0 saturated carbocycles. The number of benzene rings is 2. The van der Waals surface area contributed by atoms with E-state index in [-0.39, 0.29) is 23.6 Å². The lowest BCUT2D eigenvalue weighted by molar-refractivity contribution is -0.140. The minimum atomic E-state index is -0.805. The number of ether oxygens (including phenoxy) is 2. The molecule has 1 atom stereocenters. The van der Waals surface area contributed by atoms with Crippen molar-refractivity contribution in [1.29, 1.82) is 0 Å². The molecule has 1 heterocycles. The third kappa shape index (κ3) is 4.09. The van der Waals surface area contributed by atoms with Gasteiger partial charge < -0.3 is 24.6 Å². The molecule has 1 unspecified atom stereocenters. The fourth-order valence-electron chi connectivity index (χ4n) is 3.44. The largest absolute Gasteiger partial charge is 0.508 e. The average Bonchev–Trinajstić information content (AvgIpc) is 2.98. The molecule has 1 amide bonds. The number of amides is 1. The first kappa shape index (κ1) is 20.4. The third-order valence-electron chi connectivity index (χ3n) is 4.84. The predicted molar refractivity (Wildman–Crippen MR) is 107 cm³/mol. The molecule has 0 bridgehead atoms. The molecule has 29 heavy (non-hydrogen) atoms. The van der Waals surface area contributed by atoms with Crippen LogP contribution in [0.15, 0.2) is 54.1 Å². The highest BCUT2D eigenvalue weighted by atomic mass is 16.5. The molecule has 1 saturated heterocycles. The smallest absolute Gasteiger partial charge is 0.295 e. The van der Waals surface area contributed by atoms with Crippen LogP contribution in [0.25, 0.3) is 5.76 Å². The van der Waals surface area contributed by atoms with Crippen molar-refractivity contribution >= 4 is 17.4 Å². The Balaban J connectivity index is 2.10. The summed E-state index contributed by atoms with van der Waals surface area (Å²) in [4.78, 5) is 27.0. The monoisotopic (exact) mass is 397 g/mol. The third-order valence-corrected chi connectivity index (χ3v) is 4.84. The first-order chi connectivity index (χ1) is 14.0. The fourth-order valence-corrected chi connectivity index (χ4v) is 3.44. The van der Waals surface area contributed by atoms with Crippen molar-refractivity contribution in [3.63, 3.8) is 0 Å². The van der Waals surface area contributed by atoms with Gasteiger partial charge in [0.2, 0.25) is 0 Å². The van der Waals surface area contributed by atoms with E-state index in [2.05, 4.69) is 0 Å². The van der Waals surface area contributed by atoms with Gasteiger partial charge >= 0.3 is 0 Å². The first-order valence-corrected chi connectivity index (χ1v) is 9.18. The van der Waals surface area contributed by atoms with Crippen LogP contribution in [0.2, 0.25) is 0 Å². The number of hydrogen-bond donors (Lipinski definition) is 2. The Labute approximate surface area is 168 Å². The summed E-state index contributed by atoms with van der Waals surface area (Å²) in [6, 6.07) is 12.1. The molecule has 2 N–H and O–H groups in total. The molecule has 0 radical (unpaired) electrons. The van der Waals surface area contributed by atoms with Crippen LogP contribution in [0.4, 0.5) is 0 Å². The van der Waals surface area contributed by atoms with Gasteiger partial charge in [-0.3, -0.25) is 9.59 Å². The van der Waals surface area contributed by atoms with Gasteiger partial charge in [-0.15, -0.1) is 0 Å². The molecule has 1 aliphatic heterocycles. The molecule has 0 spiro atoms. The second kappa shape index (κ2) is 8.79. The van der Waals surface area contributed by atoms with Crippen LogP contribution in [0.1, 0.15) is 23.6 Å². The SMILES string of the molecule is COCCCN1C(=O)C(=O)/C(=C(/O)c2ccc(OC)cc2)C1c1cccc(O)c1. The van der Waals surface area contributed by atoms with Crippen molar-refractivity contribution in [2.24, 2.45) is 0 Å². The van der Waals surface area contributed by atoms with Crippen LogP contribution < -0.4 is 4.74 Å². The Morgan fingerprint density at radius 2 is 1.83 bits per heavy atom. The van der Waals surface area contributed by atoms with E-state index in [4.69, 9.17) is 9.47 Å². The number of aliphatic hydroxyl groups is 1. The van der Waals surface area contributed by atoms with Crippen LogP contribution in [0, 0.1) is 0 Å². The van der Waals surface area contributed by atoms with Crippen LogP contribution in [-0.2, 0) is 14.3 Å². The minimum Gasteiger partial charge on any atom is -0.508 e. The number of ketones is 1. The Bertz CT molecular complexity index is 935. The molecule has 0 aliphatic carbocycles. The highest BCUT2D eigenvalue weighted by Gasteiger charge is 2.45. The van der Waals surface area contributed by atoms with Gasteiger partial charge in [-0.2, -0.15) is 0 Å². The van der Waals surface area contributed by atoms with E-state index in [1.165, 1.54) is 24.1 Å². The van der Waals surface area contributed by atoms with Crippen LogP contribution >= 0.6 is 0 Å². The maximum Gasteiger partial charge on any atom is 0.295 e. The highest BCUT2D eigenvalue weighted by Crippen LogP contribution is 2.40. The lowest BCUT2D eigenvalue weighted by Gasteiger charge is -2.25. The normalized spacial score (nSPS) is 18.3. The Hall–Kier alpha value is -3.32. The van der Waals surface area contributed by atoms with Gasteiger partial charge in [0.05, 0.1) is 18.7 Å². The van der Waals surface area contributed by atoms with Gasteiger partial charge in [0.15, 0.2) is 0 Å². The van der Waals surface area contributed by atoms with Crippen molar-refractivity contribution in [2.45, 2.75) is 12.5 Å². The molecular formula is C22H23NO6. The molecule has 152 valence electrons. The number of nitrogens with zero attached hydrogens (tertiary/aromatic N) is 1. The number of phenolic OH excluding ortho intramolecular Hbond substituents is 1. The fraction of sp³-hybridized carbons (Fsp3) is 0.273. The van der Waals surface area contributed by atoms with E-state index >= 15 is 0 Å². The van der Waals surface area contributed by atoms with E-state index in [0.29, 0.717) is 29.9 Å². The van der Waals surface area contributed by atoms with Gasteiger partial charge in [-0.05, 0) is 48.4 Å². The lowest BCUT2D eigenvalue weighted by Crippen LogP contribution is -2.31. The molecule has 1 fully saturated rings. The van der Waals surface area contributed by atoms with E-state index in [9.17, 15) is 19.8 Å². The summed E-state index contributed by atoms with van der Waals surface area (Å²) in [5.74, 6) is -1.11. The molecule has 7 nitrogen and oxygen atoms in total. The van der Waals surface area contributed by atoms with Gasteiger partial charge in [0, 0.05) is 25.8 Å². The zero-order valence-electron chi connectivity index (χ0n) is 16.3. The van der Waals surface area contributed by atoms with Gasteiger partial charge in [-0.1, -0.05) is 12.1 Å². The van der Waals surface area contributed by atoms with Gasteiger partial charge in [0.1, 0.15) is 17.3 Å². The second-order valence-corrected chi connectivity index (χ2v) is 6.66. The predicted octanol–water partition coefficient (Wildman–Crippen LogP) is 2.86. The van der Waals surface area contributed by atoms with Crippen molar-refractivity contribution in [3.05, 3.63) is 65.2 Å². The molecule has 1 aliphatic rings. The summed E-state index contributed by atoms with van der Waals surface area (Å²) in [7, 11) is 3.09. The number of carbonyl (C=O) groups is 2. The van der Waals surface area contributed by atoms with Gasteiger partial charge in [0.25, 0.3) is 11.7 Å². The van der Waals surface area contributed by atoms with E-state index in [0.717, 1.165) is 0 Å². The summed E-state index contributed by atoms with van der Waals surface area (Å²) in [5, 5.41) is 20.8. The van der Waals surface area contributed by atoms with Gasteiger partial charge in [-0.25, -0.2) is 0 Å². The molecule has 3 rings (SSSR count). The quantitative estimate of drug-likeness (QED) is 0.323. The lowest BCUT2D eigenvalue weighted by atomic mass is 9.95. The minimum absolute atomic E-state index is 0.00873. The molecular weight excluding hydrogens is 374 g/mol. The number of methoxy groups -OCH3 is 2. The summed E-state index contributed by atoms with van der Waals surface area (Å²) in [5.41, 5.74) is 0.922. The first-order valence-electron chi connectivity index (χ1n) is 9.18. The summed E-state index contributed by atoms with van der Waals surface area (Å²) >= 11 is 0. The van der Waals surface area contributed by atoms with Crippen molar-refractivity contribution < 1.29 is 29.3 Å². The Kier molecular flexibility index (Phi) is 6.19. The molecule has 2 aromatic carbocycles. The number of hydrogen-bond acceptors (Lipinski definition) is 6. The van der Waals surface area contributed by atoms with Crippen LogP contribution in [0.3, 0.4) is 0 Å². The maximum absolute atomic E-state index is 12.8. The maximum atomic E-state index is 12.8. The number of Topliss-reactive ketones (excluding diaryl/α,β-unsaturated/α-hetero) is 1. The van der Waals surface area contributed by atoms with E-state index < -0.39 is 17.7 Å². The van der Waals surface area contributed by atoms with E-state index in [1.807, 2.05) is 0 Å². The number of phenols is 1. The molecule has 7 heteroatoms. The van der Waals surface area contributed by atoms with E-state index in [1.54, 1.807) is 43.5 Å². The second-order valence-electron chi connectivity index (χ2n) is 6.66. The topological polar surface area (TPSA) is 96.3 Å². The highest BCUT2D eigenvalue weighted by molar-refractivity contribution is 6.46. The number of aliphatic hydroxyl groups excluding tert-OH is 1. The Morgan fingerprint density at radius 3 is 2.45 bits per heavy atom. The summed E-state index contributed by atoms with van der Waals surface area (Å²) in [6.45, 7) is 0.701. The molecule has 0 aromatic heterocycles. The zero-order valence-corrected chi connectivity index (χ0v) is 16.3. The number of likely N-dealkylation sites (tertiary alicyclic amines) is 1. The number of rotatable bonds is 7. The Morgan fingerprint density at radius 1 is 1.10 bits per heavy atom. The standard InChI is InChI=1S/C22H23NO6/c1-28-12-4-11-23-19(15-5-3-6-16(24)13-15)18(21(26)22(23)27)20(25)14-7-9-17(29-2)10-8-14/h3,5-10,13,19,24-25H,4,11-12H2,1-2H3/b20-18+. The van der Waals surface area contributed by atoms with Crippen molar-refractivity contribution in [2.75, 3.05) is 27.4 Å². The summed E-state index contributed by atoms with van der Waals surface area (Å²) in [6.07, 6.45) is 0.529. The summed E-state index contributed by atoms with van der Waals surface area (Å²) < 4.78 is 10.2. The number of carbonyl (C=O) groups excluding carboxylic acids is 2. The van der Waals surface area contributed by atoms with Crippen LogP contribution in [-0.4, -0.2) is 54.2 Å². The van der Waals surface area contributed by atoms with Crippen molar-refractivity contribution in [1.82, 2.24) is 4.90 Å². The molecule has 2 aromatic rings. The number of aromatic hydroxyl groups is 1. The average molecular weight is 397 g/mol. The van der Waals surface area contributed by atoms with Crippen LogP contribution in [0.5, 0.6) is 11.5 Å².